The highest BCUT2D eigenvalue weighted by Gasteiger charge is 2.23. The fourth-order valence-corrected chi connectivity index (χ4v) is 5.28. The molecule has 3 aromatic rings. The summed E-state index contributed by atoms with van der Waals surface area (Å²) in [5.41, 5.74) is 4.11. The maximum atomic E-state index is 12.8. The van der Waals surface area contributed by atoms with Crippen molar-refractivity contribution < 1.29 is 9.53 Å². The molecule has 1 saturated heterocycles. The van der Waals surface area contributed by atoms with Crippen molar-refractivity contribution in [1.29, 1.82) is 0 Å². The molecule has 34 heavy (non-hydrogen) atoms. The number of anilines is 1. The van der Waals surface area contributed by atoms with Gasteiger partial charge in [-0.05, 0) is 56.5 Å². The SMILES string of the molecule is COc1nc(NC(=O)C2CCCCC2)nc2cc(-c3cnn(C)c3CN3CCCCC3)ccc12. The first-order valence-electron chi connectivity index (χ1n) is 12.5. The van der Waals surface area contributed by atoms with E-state index in [1.54, 1.807) is 7.11 Å². The van der Waals surface area contributed by atoms with Crippen LogP contribution >= 0.6 is 0 Å². The summed E-state index contributed by atoms with van der Waals surface area (Å²) in [5.74, 6) is 0.818. The molecule has 8 heteroatoms. The molecule has 2 aliphatic rings. The van der Waals surface area contributed by atoms with Gasteiger partial charge >= 0.3 is 0 Å². The number of benzene rings is 1. The summed E-state index contributed by atoms with van der Waals surface area (Å²) >= 11 is 0. The van der Waals surface area contributed by atoms with Gasteiger partial charge in [-0.3, -0.25) is 19.7 Å². The molecule has 1 saturated carbocycles. The minimum atomic E-state index is 0.00772. The minimum absolute atomic E-state index is 0.00772. The average molecular weight is 463 g/mol. The summed E-state index contributed by atoms with van der Waals surface area (Å²) in [4.78, 5) is 24.5. The van der Waals surface area contributed by atoms with E-state index in [1.165, 1.54) is 31.4 Å². The van der Waals surface area contributed by atoms with E-state index in [1.807, 2.05) is 30.1 Å². The van der Waals surface area contributed by atoms with Crippen LogP contribution in [0.5, 0.6) is 5.88 Å². The smallest absolute Gasteiger partial charge is 0.233 e. The second-order valence-corrected chi connectivity index (χ2v) is 9.58. The van der Waals surface area contributed by atoms with E-state index in [-0.39, 0.29) is 11.8 Å². The Bertz CT molecular complexity index is 1160. The molecule has 0 atom stereocenters. The summed E-state index contributed by atoms with van der Waals surface area (Å²) < 4.78 is 7.52. The topological polar surface area (TPSA) is 85.2 Å². The third kappa shape index (κ3) is 4.78. The van der Waals surface area contributed by atoms with Crippen molar-refractivity contribution in [3.63, 3.8) is 0 Å². The molecule has 1 aliphatic heterocycles. The van der Waals surface area contributed by atoms with E-state index in [0.29, 0.717) is 11.8 Å². The van der Waals surface area contributed by atoms with E-state index >= 15 is 0 Å². The summed E-state index contributed by atoms with van der Waals surface area (Å²) in [7, 11) is 3.61. The molecule has 0 unspecified atom stereocenters. The Morgan fingerprint density at radius 2 is 1.85 bits per heavy atom. The number of fused-ring (bicyclic) bond motifs is 1. The molecule has 8 nitrogen and oxygen atoms in total. The van der Waals surface area contributed by atoms with E-state index in [0.717, 1.165) is 67.3 Å². The number of aryl methyl sites for hydroxylation is 1. The van der Waals surface area contributed by atoms with Crippen LogP contribution in [0.4, 0.5) is 5.95 Å². The Hall–Kier alpha value is -3.00. The van der Waals surface area contributed by atoms with Gasteiger partial charge in [0.2, 0.25) is 17.7 Å². The van der Waals surface area contributed by atoms with Crippen molar-refractivity contribution >= 4 is 22.8 Å². The van der Waals surface area contributed by atoms with Gasteiger partial charge in [-0.25, -0.2) is 4.98 Å². The Morgan fingerprint density at radius 3 is 2.62 bits per heavy atom. The molecule has 2 fully saturated rings. The summed E-state index contributed by atoms with van der Waals surface area (Å²) in [6.45, 7) is 3.16. The number of piperidine rings is 1. The second-order valence-electron chi connectivity index (χ2n) is 9.58. The number of nitrogens with one attached hydrogen (secondary N) is 1. The third-order valence-corrected chi connectivity index (χ3v) is 7.26. The van der Waals surface area contributed by atoms with E-state index in [9.17, 15) is 4.79 Å². The number of aromatic nitrogens is 4. The van der Waals surface area contributed by atoms with E-state index < -0.39 is 0 Å². The number of hydrogen-bond donors (Lipinski definition) is 1. The maximum absolute atomic E-state index is 12.8. The standard InChI is InChI=1S/C26H34N6O2/c1-31-23(17-32-13-7-4-8-14-32)21(16-27-31)19-11-12-20-22(15-19)28-26(30-25(20)34-2)29-24(33)18-9-5-3-6-10-18/h11-12,15-16,18H,3-10,13-14,17H2,1-2H3,(H,28,29,30,33). The van der Waals surface area contributed by atoms with E-state index in [4.69, 9.17) is 9.72 Å². The highest BCUT2D eigenvalue weighted by Crippen LogP contribution is 2.32. The van der Waals surface area contributed by atoms with Crippen LogP contribution in [-0.2, 0) is 18.4 Å². The van der Waals surface area contributed by atoms with Crippen molar-refractivity contribution in [2.75, 3.05) is 25.5 Å². The van der Waals surface area contributed by atoms with Gasteiger partial charge in [0.1, 0.15) is 0 Å². The number of rotatable bonds is 6. The highest BCUT2D eigenvalue weighted by atomic mass is 16.5. The van der Waals surface area contributed by atoms with Crippen LogP contribution in [0.2, 0.25) is 0 Å². The molecular weight excluding hydrogens is 428 g/mol. The molecule has 0 spiro atoms. The summed E-state index contributed by atoms with van der Waals surface area (Å²) in [6, 6.07) is 6.12. The molecule has 5 rings (SSSR count). The van der Waals surface area contributed by atoms with Gasteiger partial charge in [0.25, 0.3) is 0 Å². The largest absolute Gasteiger partial charge is 0.480 e. The Balaban J connectivity index is 1.45. The Kier molecular flexibility index (Phi) is 6.76. The van der Waals surface area contributed by atoms with Crippen LogP contribution in [-0.4, -0.2) is 50.8 Å². The predicted octanol–water partition coefficient (Wildman–Crippen LogP) is 4.54. The lowest BCUT2D eigenvalue weighted by molar-refractivity contribution is -0.120. The number of methoxy groups -OCH3 is 1. The third-order valence-electron chi connectivity index (χ3n) is 7.26. The van der Waals surface area contributed by atoms with Crippen LogP contribution in [0.15, 0.2) is 24.4 Å². The van der Waals surface area contributed by atoms with Crippen LogP contribution in [0.1, 0.15) is 57.1 Å². The zero-order chi connectivity index (χ0) is 23.5. The number of carbonyl (C=O) groups is 1. The van der Waals surface area contributed by atoms with Gasteiger partial charge in [-0.2, -0.15) is 10.1 Å². The fourth-order valence-electron chi connectivity index (χ4n) is 5.28. The molecule has 3 heterocycles. The number of nitrogens with zero attached hydrogens (tertiary/aromatic N) is 5. The lowest BCUT2D eigenvalue weighted by Crippen LogP contribution is -2.30. The van der Waals surface area contributed by atoms with Crippen molar-refractivity contribution in [2.45, 2.75) is 57.9 Å². The lowest BCUT2D eigenvalue weighted by atomic mass is 9.89. The number of hydrogen-bond acceptors (Lipinski definition) is 6. The first-order valence-corrected chi connectivity index (χ1v) is 12.5. The molecule has 2 aromatic heterocycles. The Labute approximate surface area is 200 Å². The fraction of sp³-hybridized carbons (Fsp3) is 0.538. The molecular formula is C26H34N6O2. The molecule has 1 aliphatic carbocycles. The number of amides is 1. The van der Waals surface area contributed by atoms with Gasteiger partial charge < -0.3 is 4.74 Å². The summed E-state index contributed by atoms with van der Waals surface area (Å²) in [5, 5.41) is 8.32. The normalized spacial score (nSPS) is 17.7. The molecule has 1 N–H and O–H groups in total. The molecule has 180 valence electrons. The number of ether oxygens (including phenoxy) is 1. The molecule has 1 amide bonds. The molecule has 0 radical (unpaired) electrons. The quantitative estimate of drug-likeness (QED) is 0.579. The Morgan fingerprint density at radius 1 is 1.09 bits per heavy atom. The van der Waals surface area contributed by atoms with Gasteiger partial charge in [-0.1, -0.05) is 31.7 Å². The van der Waals surface area contributed by atoms with Crippen LogP contribution in [0.25, 0.3) is 22.0 Å². The van der Waals surface area contributed by atoms with Crippen molar-refractivity contribution in [2.24, 2.45) is 13.0 Å². The average Bonchev–Trinajstić information content (AvgIpc) is 3.24. The van der Waals surface area contributed by atoms with E-state index in [2.05, 4.69) is 26.4 Å². The lowest BCUT2D eigenvalue weighted by Gasteiger charge is -2.26. The zero-order valence-electron chi connectivity index (χ0n) is 20.2. The van der Waals surface area contributed by atoms with Gasteiger partial charge in [0.05, 0.1) is 29.9 Å². The highest BCUT2D eigenvalue weighted by molar-refractivity contribution is 5.94. The van der Waals surface area contributed by atoms with Crippen LogP contribution in [0, 0.1) is 5.92 Å². The monoisotopic (exact) mass is 462 g/mol. The molecule has 1 aromatic carbocycles. The minimum Gasteiger partial charge on any atom is -0.480 e. The maximum Gasteiger partial charge on any atom is 0.233 e. The first kappa shape index (κ1) is 22.8. The van der Waals surface area contributed by atoms with Crippen molar-refractivity contribution in [1.82, 2.24) is 24.6 Å². The zero-order valence-corrected chi connectivity index (χ0v) is 20.2. The predicted molar refractivity (Wildman–Crippen MR) is 133 cm³/mol. The van der Waals surface area contributed by atoms with Gasteiger partial charge in [0.15, 0.2) is 0 Å². The number of carbonyl (C=O) groups excluding carboxylic acids is 1. The van der Waals surface area contributed by atoms with Crippen LogP contribution < -0.4 is 10.1 Å². The van der Waals surface area contributed by atoms with Crippen molar-refractivity contribution in [3.8, 4) is 17.0 Å². The molecule has 0 bridgehead atoms. The van der Waals surface area contributed by atoms with Crippen LogP contribution in [0.3, 0.4) is 0 Å². The second kappa shape index (κ2) is 10.1. The summed E-state index contributed by atoms with van der Waals surface area (Å²) in [6.07, 6.45) is 11.1. The van der Waals surface area contributed by atoms with Gasteiger partial charge in [-0.15, -0.1) is 0 Å². The van der Waals surface area contributed by atoms with Gasteiger partial charge in [0, 0.05) is 25.1 Å². The number of likely N-dealkylation sites (tertiary alicyclic amines) is 1. The van der Waals surface area contributed by atoms with Crippen molar-refractivity contribution in [3.05, 3.63) is 30.1 Å². The first-order chi connectivity index (χ1) is 16.6.